The van der Waals surface area contributed by atoms with E-state index in [0.29, 0.717) is 0 Å². The van der Waals surface area contributed by atoms with E-state index in [9.17, 15) is 37.8 Å². The number of rotatable bonds is 4. The minimum atomic E-state index is -3.24. The van der Waals surface area contributed by atoms with Gasteiger partial charge in [0.2, 0.25) is 0 Å². The summed E-state index contributed by atoms with van der Waals surface area (Å²) in [6.45, 7) is 0. The summed E-state index contributed by atoms with van der Waals surface area (Å²) in [5.74, 6) is 0. The molecule has 0 aliphatic heterocycles. The zero-order valence-electron chi connectivity index (χ0n) is 7.90. The molecule has 4 atom stereocenters. The largest absolute Gasteiger partial charge is 4.00 e. The molecular formula is CH3ClO11P4Ti+4. The van der Waals surface area contributed by atoms with Crippen LogP contribution in [-0.4, -0.2) is 11.2 Å². The fraction of sp³-hybridized carbons (Fsp3) is 1.00. The first-order valence-electron chi connectivity index (χ1n) is 2.77. The minimum Gasteiger partial charge on any atom is -0.563 e. The van der Waals surface area contributed by atoms with E-state index in [2.05, 4.69) is 20.2 Å². The van der Waals surface area contributed by atoms with Crippen molar-refractivity contribution >= 4 is 44.6 Å². The van der Waals surface area contributed by atoms with Gasteiger partial charge >= 0.3 is 54.7 Å². The maximum absolute atomic E-state index is 9.24. The van der Waals surface area contributed by atoms with Gasteiger partial charge in [-0.15, -0.1) is 0 Å². The first-order valence-corrected chi connectivity index (χ1v) is 7.69. The summed E-state index contributed by atoms with van der Waals surface area (Å²) < 4.78 is 43.3. The van der Waals surface area contributed by atoms with Crippen molar-refractivity contribution in [2.24, 2.45) is 0 Å². The van der Waals surface area contributed by atoms with Gasteiger partial charge in [-0.05, 0) is 18.3 Å². The molecule has 1 N–H and O–H groups in total. The van der Waals surface area contributed by atoms with Crippen molar-refractivity contribution in [2.45, 2.75) is 0 Å². The molecule has 0 aromatic heterocycles. The molecule has 0 fully saturated rings. The molecule has 18 heavy (non-hydrogen) atoms. The monoisotopic (exact) mass is 398 g/mol. The van der Waals surface area contributed by atoms with Gasteiger partial charge in [-0.25, -0.2) is 0 Å². The Labute approximate surface area is 124 Å². The number of hydrogen-bond donors (Lipinski definition) is 1. The van der Waals surface area contributed by atoms with Crippen LogP contribution in [0.15, 0.2) is 0 Å². The van der Waals surface area contributed by atoms with E-state index in [-0.39, 0.29) is 27.8 Å². The number of halogens is 1. The van der Waals surface area contributed by atoms with Crippen LogP contribution in [0.4, 0.5) is 0 Å². The third-order valence-corrected chi connectivity index (χ3v) is 2.40. The number of aliphatic hydroxyl groups is 1. The van der Waals surface area contributed by atoms with Crippen molar-refractivity contribution in [3.63, 3.8) is 0 Å². The second-order valence-electron chi connectivity index (χ2n) is 1.18. The van der Waals surface area contributed by atoms with Gasteiger partial charge in [-0.3, -0.25) is 0 Å². The summed E-state index contributed by atoms with van der Waals surface area (Å²) in [5, 5.41) is 7.33. The fourth-order valence-corrected chi connectivity index (χ4v) is 0.980. The van der Waals surface area contributed by atoms with Crippen molar-refractivity contribution in [1.82, 2.24) is 0 Å². The Hall–Kier alpha value is 1.12. The normalized spacial score (nSPS) is 11.4. The summed E-state index contributed by atoms with van der Waals surface area (Å²) in [5.41, 5.74) is 0. The van der Waals surface area contributed by atoms with Crippen molar-refractivity contribution in [2.75, 3.05) is 6.07 Å². The molecule has 0 saturated carbocycles. The molecule has 0 radical (unpaired) electrons. The van der Waals surface area contributed by atoms with Gasteiger partial charge in [0.05, 0.1) is 0 Å². The molecule has 4 unspecified atom stereocenters. The van der Waals surface area contributed by atoms with Crippen LogP contribution in [0.2, 0.25) is 0 Å². The molecule has 0 aliphatic rings. The molecule has 0 rings (SSSR count). The topological polar surface area (TPSA) is 199 Å². The van der Waals surface area contributed by atoms with Crippen LogP contribution < -0.4 is 19.6 Å². The second kappa shape index (κ2) is 20.4. The molecule has 0 bridgehead atoms. The Bertz CT molecular complexity index is 220. The predicted molar refractivity (Wildman–Crippen MR) is 45.5 cm³/mol. The van der Waals surface area contributed by atoms with Crippen LogP contribution in [-0.2, 0) is 48.6 Å². The van der Waals surface area contributed by atoms with Crippen LogP contribution in [0.3, 0.4) is 0 Å². The maximum atomic E-state index is 9.24. The average Bonchev–Trinajstić information content (AvgIpc) is 1.99. The number of hydrogen-bond acceptors (Lipinski definition) is 11. The Morgan fingerprint density at radius 1 is 0.833 bits per heavy atom. The zero-order valence-corrected chi connectivity index (χ0v) is 13.8. The van der Waals surface area contributed by atoms with Gasteiger partial charge in [-0.2, -0.15) is 0 Å². The molecular weight excluding hydrogens is 395 g/mol. The molecule has 0 aliphatic carbocycles. The van der Waals surface area contributed by atoms with Crippen LogP contribution in [0.25, 0.3) is 0 Å². The van der Waals surface area contributed by atoms with Gasteiger partial charge in [0.25, 0.3) is 0 Å². The minimum absolute atomic E-state index is 0. The Kier molecular flexibility index (Phi) is 31.2. The SMILES string of the molecule is O=[P+]([O-])O[P+](=O)[O-].O=[P+]([O-])O[P+](=O)[O-].OCCl.[Ti+4]. The third kappa shape index (κ3) is 53.5. The Morgan fingerprint density at radius 3 is 0.944 bits per heavy atom. The van der Waals surface area contributed by atoms with Crippen molar-refractivity contribution in [1.29, 1.82) is 0 Å². The Morgan fingerprint density at radius 2 is 0.944 bits per heavy atom. The molecule has 11 nitrogen and oxygen atoms in total. The van der Waals surface area contributed by atoms with Crippen molar-refractivity contribution < 1.29 is 73.3 Å². The van der Waals surface area contributed by atoms with Gasteiger partial charge in [0, 0.05) is 0 Å². The summed E-state index contributed by atoms with van der Waals surface area (Å²) in [6, 6.07) is -0.278. The molecule has 0 amide bonds. The molecule has 0 spiro atoms. The molecule has 0 saturated heterocycles. The summed E-state index contributed by atoms with van der Waals surface area (Å²) in [6.07, 6.45) is 0. The van der Waals surface area contributed by atoms with E-state index >= 15 is 0 Å². The van der Waals surface area contributed by atoms with Gasteiger partial charge < -0.3 is 24.7 Å². The van der Waals surface area contributed by atoms with Crippen molar-refractivity contribution in [3.05, 3.63) is 0 Å². The van der Waals surface area contributed by atoms with Crippen molar-refractivity contribution in [3.8, 4) is 0 Å². The molecule has 0 heterocycles. The first kappa shape index (κ1) is 27.5. The quantitative estimate of drug-likeness (QED) is 0.320. The molecule has 100 valence electrons. The van der Waals surface area contributed by atoms with Crippen LogP contribution in [0.5, 0.6) is 0 Å². The summed E-state index contributed by atoms with van der Waals surface area (Å²) >= 11 is 4.55. The molecule has 0 aromatic carbocycles. The van der Waals surface area contributed by atoms with Gasteiger partial charge in [-0.1, -0.05) is 11.6 Å². The average molecular weight is 398 g/mol. The smallest absolute Gasteiger partial charge is 0.563 e. The van der Waals surface area contributed by atoms with Crippen LogP contribution in [0.1, 0.15) is 0 Å². The fourth-order valence-electron chi connectivity index (χ4n) is 0.109. The zero-order chi connectivity index (χ0) is 14.4. The number of aliphatic hydroxyl groups excluding tert-OH is 1. The van der Waals surface area contributed by atoms with E-state index < -0.39 is 33.0 Å². The van der Waals surface area contributed by atoms with Gasteiger partial charge in [0.1, 0.15) is 14.7 Å². The van der Waals surface area contributed by atoms with Gasteiger partial charge in [0.15, 0.2) is 0 Å². The molecule has 0 aromatic rings. The van der Waals surface area contributed by atoms with Crippen LogP contribution >= 0.6 is 44.6 Å². The third-order valence-electron chi connectivity index (χ3n) is 0.267. The van der Waals surface area contributed by atoms with E-state index in [1.807, 2.05) is 0 Å². The Balaban J connectivity index is -0.0000000857. The maximum Gasteiger partial charge on any atom is 4.00 e. The van der Waals surface area contributed by atoms with E-state index in [0.717, 1.165) is 0 Å². The second-order valence-corrected chi connectivity index (χ2v) is 4.51. The predicted octanol–water partition coefficient (Wildman–Crippen LogP) is -1.75. The van der Waals surface area contributed by atoms with E-state index in [1.165, 1.54) is 0 Å². The standard InChI is InChI=1S/CH3ClO.2O5P2.Ti/c2-1-3;2*1-6(2)5-7(3)4;/h3H,1H2;;;/q;;;+4. The van der Waals surface area contributed by atoms with E-state index in [4.69, 9.17) is 5.11 Å². The first-order chi connectivity index (χ1) is 7.67. The van der Waals surface area contributed by atoms with Crippen LogP contribution in [0, 0.1) is 0 Å². The summed E-state index contributed by atoms with van der Waals surface area (Å²) in [4.78, 5) is 37.0. The van der Waals surface area contributed by atoms with E-state index in [1.54, 1.807) is 0 Å². The number of alkyl halides is 1. The molecule has 17 heteroatoms. The summed E-state index contributed by atoms with van der Waals surface area (Å²) in [7, 11) is -12.9.